The van der Waals surface area contributed by atoms with Crippen molar-refractivity contribution in [1.29, 1.82) is 0 Å². The lowest BCUT2D eigenvalue weighted by Crippen LogP contribution is -2.35. The SMILES string of the molecule is O=C(C1CCN(c2ncnc3c2ncn3[C@H]2C[C@@H](CO)[C@@H]3C[C@@H]32)C1)N1CCCC1. The summed E-state index contributed by atoms with van der Waals surface area (Å²) in [6.07, 6.45) is 8.90. The van der Waals surface area contributed by atoms with E-state index in [0.717, 1.165) is 68.8 Å². The van der Waals surface area contributed by atoms with Crippen molar-refractivity contribution in [2.45, 2.75) is 38.1 Å². The van der Waals surface area contributed by atoms with E-state index in [1.807, 2.05) is 11.2 Å². The number of carbonyl (C=O) groups is 1. The number of fused-ring (bicyclic) bond motifs is 2. The number of anilines is 1. The molecule has 5 atom stereocenters. The van der Waals surface area contributed by atoms with Crippen molar-refractivity contribution in [1.82, 2.24) is 24.4 Å². The fourth-order valence-corrected chi connectivity index (χ4v) is 6.07. The maximum absolute atomic E-state index is 12.8. The molecule has 2 saturated carbocycles. The quantitative estimate of drug-likeness (QED) is 0.842. The number of carbonyl (C=O) groups excluding carboxylic acids is 1. The molecule has 0 radical (unpaired) electrons. The number of imidazole rings is 1. The number of likely N-dealkylation sites (tertiary alicyclic amines) is 1. The van der Waals surface area contributed by atoms with Crippen LogP contribution >= 0.6 is 0 Å². The maximum atomic E-state index is 12.8. The Balaban J connectivity index is 1.25. The molecule has 1 N–H and O–H groups in total. The number of rotatable bonds is 4. The van der Waals surface area contributed by atoms with Crippen LogP contribution in [0.25, 0.3) is 11.2 Å². The van der Waals surface area contributed by atoms with Crippen molar-refractivity contribution in [2.24, 2.45) is 23.7 Å². The van der Waals surface area contributed by atoms with Gasteiger partial charge in [0, 0.05) is 38.8 Å². The molecule has 8 heteroatoms. The first-order valence-corrected chi connectivity index (χ1v) is 11.1. The highest BCUT2D eigenvalue weighted by Gasteiger charge is 2.54. The molecule has 1 unspecified atom stereocenters. The highest BCUT2D eigenvalue weighted by atomic mass is 16.3. The van der Waals surface area contributed by atoms with Gasteiger partial charge in [-0.25, -0.2) is 15.0 Å². The summed E-state index contributed by atoms with van der Waals surface area (Å²) in [5, 5.41) is 9.64. The maximum Gasteiger partial charge on any atom is 0.227 e. The highest BCUT2D eigenvalue weighted by molar-refractivity contribution is 5.85. The number of aliphatic hydroxyl groups excluding tert-OH is 1. The molecule has 29 heavy (non-hydrogen) atoms. The van der Waals surface area contributed by atoms with Gasteiger partial charge in [0.15, 0.2) is 17.0 Å². The van der Waals surface area contributed by atoms with Gasteiger partial charge in [0.2, 0.25) is 5.91 Å². The Labute approximate surface area is 169 Å². The summed E-state index contributed by atoms with van der Waals surface area (Å²) in [5.74, 6) is 2.96. The molecule has 0 bridgehead atoms. The monoisotopic (exact) mass is 396 g/mol. The van der Waals surface area contributed by atoms with Gasteiger partial charge in [-0.2, -0.15) is 0 Å². The molecule has 2 aliphatic carbocycles. The minimum atomic E-state index is 0.0626. The van der Waals surface area contributed by atoms with E-state index in [2.05, 4.69) is 19.4 Å². The highest BCUT2D eigenvalue weighted by Crippen LogP contribution is 2.60. The average Bonchev–Trinajstić information content (AvgIpc) is 3.26. The Morgan fingerprint density at radius 3 is 2.76 bits per heavy atom. The minimum absolute atomic E-state index is 0.0626. The Kier molecular flexibility index (Phi) is 4.04. The molecule has 154 valence electrons. The molecule has 2 aliphatic heterocycles. The standard InChI is InChI=1S/C21H28N6O2/c28-10-14-7-17(16-8-15(14)16)27-12-24-18-19(22-11-23-20(18)27)26-6-3-13(9-26)21(29)25-4-1-2-5-25/h11-17,28H,1-10H2/t13?,14-,15-,16-,17-/m0/s1. The molecule has 2 aromatic rings. The molecule has 8 nitrogen and oxygen atoms in total. The van der Waals surface area contributed by atoms with Crippen molar-refractivity contribution < 1.29 is 9.90 Å². The van der Waals surface area contributed by atoms with E-state index < -0.39 is 0 Å². The van der Waals surface area contributed by atoms with Crippen LogP contribution < -0.4 is 4.90 Å². The molecule has 2 aromatic heterocycles. The van der Waals surface area contributed by atoms with Gasteiger partial charge in [-0.15, -0.1) is 0 Å². The number of aromatic nitrogens is 4. The predicted octanol–water partition coefficient (Wildman–Crippen LogP) is 1.46. The molecule has 6 rings (SSSR count). The van der Waals surface area contributed by atoms with Crippen LogP contribution in [-0.4, -0.2) is 68.2 Å². The molecular weight excluding hydrogens is 368 g/mol. The summed E-state index contributed by atoms with van der Waals surface area (Å²) in [6, 6.07) is 0.382. The molecule has 1 amide bonds. The molecule has 4 fully saturated rings. The third-order valence-electron chi connectivity index (χ3n) is 7.72. The Hall–Kier alpha value is -2.22. The zero-order chi connectivity index (χ0) is 19.5. The van der Waals surface area contributed by atoms with Crippen LogP contribution in [0.5, 0.6) is 0 Å². The third kappa shape index (κ3) is 2.75. The van der Waals surface area contributed by atoms with Crippen LogP contribution in [0.2, 0.25) is 0 Å². The van der Waals surface area contributed by atoms with Crippen LogP contribution in [0, 0.1) is 23.7 Å². The number of amides is 1. The minimum Gasteiger partial charge on any atom is -0.396 e. The average molecular weight is 396 g/mol. The first-order valence-electron chi connectivity index (χ1n) is 11.1. The van der Waals surface area contributed by atoms with Crippen LogP contribution in [0.4, 0.5) is 5.82 Å². The Bertz CT molecular complexity index is 938. The van der Waals surface area contributed by atoms with Crippen molar-refractivity contribution in [3.05, 3.63) is 12.7 Å². The van der Waals surface area contributed by atoms with E-state index in [-0.39, 0.29) is 12.5 Å². The largest absolute Gasteiger partial charge is 0.396 e. The summed E-state index contributed by atoms with van der Waals surface area (Å²) >= 11 is 0. The van der Waals surface area contributed by atoms with Gasteiger partial charge in [0.05, 0.1) is 12.2 Å². The summed E-state index contributed by atoms with van der Waals surface area (Å²) in [7, 11) is 0. The second-order valence-electron chi connectivity index (χ2n) is 9.29. The Morgan fingerprint density at radius 2 is 1.97 bits per heavy atom. The van der Waals surface area contributed by atoms with Crippen molar-refractivity contribution in [3.8, 4) is 0 Å². The van der Waals surface area contributed by atoms with Gasteiger partial charge < -0.3 is 19.5 Å². The van der Waals surface area contributed by atoms with Gasteiger partial charge in [0.1, 0.15) is 6.33 Å². The van der Waals surface area contributed by atoms with E-state index in [4.69, 9.17) is 4.98 Å². The molecule has 2 saturated heterocycles. The fourth-order valence-electron chi connectivity index (χ4n) is 6.07. The van der Waals surface area contributed by atoms with E-state index in [9.17, 15) is 9.90 Å². The normalized spacial score (nSPS) is 33.6. The lowest BCUT2D eigenvalue weighted by molar-refractivity contribution is -0.133. The van der Waals surface area contributed by atoms with Gasteiger partial charge in [-0.05, 0) is 49.9 Å². The van der Waals surface area contributed by atoms with Gasteiger partial charge in [-0.3, -0.25) is 4.79 Å². The lowest BCUT2D eigenvalue weighted by atomic mass is 10.0. The summed E-state index contributed by atoms with van der Waals surface area (Å²) in [5.41, 5.74) is 1.73. The van der Waals surface area contributed by atoms with Crippen LogP contribution in [-0.2, 0) is 4.79 Å². The number of nitrogens with zero attached hydrogens (tertiary/aromatic N) is 6. The molecule has 0 aromatic carbocycles. The third-order valence-corrected chi connectivity index (χ3v) is 7.72. The van der Waals surface area contributed by atoms with Crippen molar-refractivity contribution >= 4 is 22.9 Å². The topological polar surface area (TPSA) is 87.4 Å². The van der Waals surface area contributed by atoms with Gasteiger partial charge in [0.25, 0.3) is 0 Å². The fraction of sp³-hybridized carbons (Fsp3) is 0.714. The summed E-state index contributed by atoms with van der Waals surface area (Å²) in [4.78, 5) is 30.9. The van der Waals surface area contributed by atoms with Crippen LogP contribution in [0.1, 0.15) is 38.1 Å². The number of hydrogen-bond acceptors (Lipinski definition) is 6. The van der Waals surface area contributed by atoms with Crippen molar-refractivity contribution in [3.63, 3.8) is 0 Å². The number of hydrogen-bond donors (Lipinski definition) is 1. The van der Waals surface area contributed by atoms with Crippen LogP contribution in [0.3, 0.4) is 0 Å². The van der Waals surface area contributed by atoms with E-state index in [0.29, 0.717) is 29.7 Å². The first-order chi connectivity index (χ1) is 14.2. The zero-order valence-electron chi connectivity index (χ0n) is 16.7. The van der Waals surface area contributed by atoms with Gasteiger partial charge >= 0.3 is 0 Å². The van der Waals surface area contributed by atoms with E-state index in [1.165, 1.54) is 6.42 Å². The summed E-state index contributed by atoms with van der Waals surface area (Å²) in [6.45, 7) is 3.66. The molecular formula is C21H28N6O2. The first kappa shape index (κ1) is 17.6. The van der Waals surface area contributed by atoms with E-state index in [1.54, 1.807) is 6.33 Å². The van der Waals surface area contributed by atoms with E-state index >= 15 is 0 Å². The zero-order valence-corrected chi connectivity index (χ0v) is 16.7. The number of aliphatic hydroxyl groups is 1. The molecule has 4 aliphatic rings. The second-order valence-corrected chi connectivity index (χ2v) is 9.29. The molecule has 4 heterocycles. The lowest BCUT2D eigenvalue weighted by Gasteiger charge is -2.21. The smallest absolute Gasteiger partial charge is 0.227 e. The molecule has 0 spiro atoms. The second kappa shape index (κ2) is 6.65. The van der Waals surface area contributed by atoms with Crippen LogP contribution in [0.15, 0.2) is 12.7 Å². The summed E-state index contributed by atoms with van der Waals surface area (Å²) < 4.78 is 2.21. The predicted molar refractivity (Wildman–Crippen MR) is 107 cm³/mol. The Morgan fingerprint density at radius 1 is 1.10 bits per heavy atom. The van der Waals surface area contributed by atoms with Gasteiger partial charge in [-0.1, -0.05) is 0 Å². The van der Waals surface area contributed by atoms with Crippen molar-refractivity contribution in [2.75, 3.05) is 37.7 Å².